The number of hydrogen-bond acceptors (Lipinski definition) is 2. The summed E-state index contributed by atoms with van der Waals surface area (Å²) in [6.45, 7) is 0. The topological polar surface area (TPSA) is 21.3 Å². The van der Waals surface area contributed by atoms with Gasteiger partial charge in [0, 0.05) is 24.9 Å². The van der Waals surface area contributed by atoms with Crippen molar-refractivity contribution in [2.75, 3.05) is 7.11 Å². The molecule has 1 aromatic carbocycles. The van der Waals surface area contributed by atoms with Crippen molar-refractivity contribution in [1.29, 1.82) is 0 Å². The molecule has 3 heteroatoms. The lowest BCUT2D eigenvalue weighted by molar-refractivity contribution is 0.0871. The van der Waals surface area contributed by atoms with E-state index < -0.39 is 5.67 Å². The van der Waals surface area contributed by atoms with Crippen molar-refractivity contribution >= 4 is 0 Å². The Kier molecular flexibility index (Phi) is 2.58. The molecule has 0 spiro atoms. The van der Waals surface area contributed by atoms with Crippen molar-refractivity contribution in [1.82, 2.24) is 5.32 Å². The van der Waals surface area contributed by atoms with E-state index in [1.165, 1.54) is 0 Å². The first kappa shape index (κ1) is 11.0. The number of piperidine rings is 1. The first-order valence-electron chi connectivity index (χ1n) is 6.29. The summed E-state index contributed by atoms with van der Waals surface area (Å²) in [6, 6.07) is 8.16. The Balaban J connectivity index is 1.91. The molecule has 0 aromatic heterocycles. The molecule has 2 nitrogen and oxygen atoms in total. The molecule has 1 aromatic rings. The molecule has 3 rings (SSSR count). The van der Waals surface area contributed by atoms with E-state index in [9.17, 15) is 0 Å². The molecule has 2 aliphatic heterocycles. The molecular formula is C14H18FNO. The van der Waals surface area contributed by atoms with E-state index in [0.29, 0.717) is 24.9 Å². The predicted molar refractivity (Wildman–Crippen MR) is 65.0 cm³/mol. The van der Waals surface area contributed by atoms with Crippen LogP contribution in [0, 0.1) is 0 Å². The molecule has 2 unspecified atom stereocenters. The number of alkyl halides is 1. The van der Waals surface area contributed by atoms with Gasteiger partial charge in [-0.3, -0.25) is 0 Å². The second-order valence-electron chi connectivity index (χ2n) is 5.24. The van der Waals surface area contributed by atoms with Gasteiger partial charge in [0.05, 0.1) is 7.11 Å². The highest BCUT2D eigenvalue weighted by Gasteiger charge is 2.45. The fourth-order valence-corrected chi connectivity index (χ4v) is 3.23. The Bertz CT molecular complexity index is 408. The van der Waals surface area contributed by atoms with Crippen LogP contribution in [0.25, 0.3) is 0 Å². The number of hydrogen-bond donors (Lipinski definition) is 1. The van der Waals surface area contributed by atoms with Crippen LogP contribution in [0.15, 0.2) is 24.3 Å². The summed E-state index contributed by atoms with van der Waals surface area (Å²) in [6.07, 6.45) is 3.41. The van der Waals surface area contributed by atoms with E-state index in [4.69, 9.17) is 4.74 Å². The molecule has 0 radical (unpaired) electrons. The SMILES string of the molecule is COc1cccc(C2(F)CC3CCC(C2)N3)c1. The van der Waals surface area contributed by atoms with Gasteiger partial charge in [0.25, 0.3) is 0 Å². The van der Waals surface area contributed by atoms with Crippen LogP contribution in [-0.2, 0) is 5.67 Å². The van der Waals surface area contributed by atoms with E-state index in [2.05, 4.69) is 5.32 Å². The maximum absolute atomic E-state index is 15.1. The van der Waals surface area contributed by atoms with Gasteiger partial charge in [-0.05, 0) is 30.5 Å². The van der Waals surface area contributed by atoms with Gasteiger partial charge in [-0.2, -0.15) is 0 Å². The molecule has 2 heterocycles. The molecule has 2 bridgehead atoms. The number of rotatable bonds is 2. The maximum Gasteiger partial charge on any atom is 0.139 e. The van der Waals surface area contributed by atoms with Crippen molar-refractivity contribution < 1.29 is 9.13 Å². The normalized spacial score (nSPS) is 35.9. The minimum absolute atomic E-state index is 0.352. The van der Waals surface area contributed by atoms with Gasteiger partial charge in [-0.1, -0.05) is 12.1 Å². The lowest BCUT2D eigenvalue weighted by atomic mass is 9.83. The summed E-state index contributed by atoms with van der Waals surface area (Å²) < 4.78 is 20.2. The third kappa shape index (κ3) is 1.93. The first-order valence-corrected chi connectivity index (χ1v) is 6.29. The van der Waals surface area contributed by atoms with Crippen LogP contribution in [0.4, 0.5) is 4.39 Å². The van der Waals surface area contributed by atoms with Crippen LogP contribution in [0.2, 0.25) is 0 Å². The van der Waals surface area contributed by atoms with Crippen molar-refractivity contribution in [2.45, 2.75) is 43.4 Å². The Morgan fingerprint density at radius 3 is 2.65 bits per heavy atom. The predicted octanol–water partition coefficient (Wildman–Crippen LogP) is 2.77. The highest BCUT2D eigenvalue weighted by molar-refractivity contribution is 5.33. The van der Waals surface area contributed by atoms with Crippen LogP contribution in [0.1, 0.15) is 31.2 Å². The Morgan fingerprint density at radius 2 is 2.00 bits per heavy atom. The number of ether oxygens (including phenoxy) is 1. The Morgan fingerprint density at radius 1 is 1.29 bits per heavy atom. The molecule has 0 aliphatic carbocycles. The molecule has 2 fully saturated rings. The number of halogens is 1. The highest BCUT2D eigenvalue weighted by atomic mass is 19.1. The molecule has 17 heavy (non-hydrogen) atoms. The Labute approximate surface area is 101 Å². The van der Waals surface area contributed by atoms with Gasteiger partial charge >= 0.3 is 0 Å². The molecule has 92 valence electrons. The van der Waals surface area contributed by atoms with Gasteiger partial charge in [0.1, 0.15) is 11.4 Å². The van der Waals surface area contributed by atoms with Crippen LogP contribution < -0.4 is 10.1 Å². The van der Waals surface area contributed by atoms with Crippen LogP contribution >= 0.6 is 0 Å². The minimum Gasteiger partial charge on any atom is -0.497 e. The minimum atomic E-state index is -1.17. The van der Waals surface area contributed by atoms with Crippen LogP contribution in [0.5, 0.6) is 5.75 Å². The fourth-order valence-electron chi connectivity index (χ4n) is 3.23. The van der Waals surface area contributed by atoms with Crippen molar-refractivity contribution in [3.8, 4) is 5.75 Å². The van der Waals surface area contributed by atoms with Gasteiger partial charge in [-0.25, -0.2) is 4.39 Å². The van der Waals surface area contributed by atoms with Gasteiger partial charge in [0.2, 0.25) is 0 Å². The van der Waals surface area contributed by atoms with Crippen molar-refractivity contribution in [3.63, 3.8) is 0 Å². The second-order valence-corrected chi connectivity index (χ2v) is 5.24. The van der Waals surface area contributed by atoms with Gasteiger partial charge in [-0.15, -0.1) is 0 Å². The maximum atomic E-state index is 15.1. The molecule has 2 atom stereocenters. The second kappa shape index (κ2) is 3.98. The standard InChI is InChI=1S/C14H18FNO/c1-17-13-4-2-3-10(7-13)14(15)8-11-5-6-12(9-14)16-11/h2-4,7,11-12,16H,5-6,8-9H2,1H3. The number of methoxy groups -OCH3 is 1. The van der Waals surface area contributed by atoms with E-state index >= 15 is 4.39 Å². The average Bonchev–Trinajstić information content (AvgIpc) is 2.69. The van der Waals surface area contributed by atoms with Crippen molar-refractivity contribution in [3.05, 3.63) is 29.8 Å². The average molecular weight is 235 g/mol. The zero-order chi connectivity index (χ0) is 11.9. The first-order chi connectivity index (χ1) is 8.19. The molecular weight excluding hydrogens is 217 g/mol. The summed E-state index contributed by atoms with van der Waals surface area (Å²) in [4.78, 5) is 0. The van der Waals surface area contributed by atoms with Crippen molar-refractivity contribution in [2.24, 2.45) is 0 Å². The summed E-state index contributed by atoms with van der Waals surface area (Å²) in [5.74, 6) is 0.741. The Hall–Kier alpha value is -1.09. The number of nitrogens with one attached hydrogen (secondary N) is 1. The lowest BCUT2D eigenvalue weighted by Gasteiger charge is -2.35. The largest absolute Gasteiger partial charge is 0.497 e. The third-order valence-electron chi connectivity index (χ3n) is 4.06. The summed E-state index contributed by atoms with van der Waals surface area (Å²) >= 11 is 0. The number of fused-ring (bicyclic) bond motifs is 2. The van der Waals surface area contributed by atoms with Gasteiger partial charge in [0.15, 0.2) is 0 Å². The molecule has 0 amide bonds. The van der Waals surface area contributed by atoms with E-state index in [1.54, 1.807) is 7.11 Å². The van der Waals surface area contributed by atoms with Crippen LogP contribution in [-0.4, -0.2) is 19.2 Å². The smallest absolute Gasteiger partial charge is 0.139 e. The van der Waals surface area contributed by atoms with E-state index in [0.717, 1.165) is 24.2 Å². The quantitative estimate of drug-likeness (QED) is 0.851. The fraction of sp³-hybridized carbons (Fsp3) is 0.571. The van der Waals surface area contributed by atoms with Crippen LogP contribution in [0.3, 0.4) is 0 Å². The summed E-state index contributed by atoms with van der Waals surface area (Å²) in [7, 11) is 1.62. The van der Waals surface area contributed by atoms with E-state index in [-0.39, 0.29) is 0 Å². The summed E-state index contributed by atoms with van der Waals surface area (Å²) in [5.41, 5.74) is -0.402. The molecule has 2 aliphatic rings. The van der Waals surface area contributed by atoms with E-state index in [1.807, 2.05) is 24.3 Å². The monoisotopic (exact) mass is 235 g/mol. The molecule has 2 saturated heterocycles. The molecule has 1 N–H and O–H groups in total. The zero-order valence-corrected chi connectivity index (χ0v) is 10.1. The van der Waals surface area contributed by atoms with Gasteiger partial charge < -0.3 is 10.1 Å². The highest BCUT2D eigenvalue weighted by Crippen LogP contribution is 2.44. The molecule has 0 saturated carbocycles. The third-order valence-corrected chi connectivity index (χ3v) is 4.06. The zero-order valence-electron chi connectivity index (χ0n) is 10.1. The summed E-state index contributed by atoms with van der Waals surface area (Å²) in [5, 5.41) is 3.47. The number of benzene rings is 1. The lowest BCUT2D eigenvalue weighted by Crippen LogP contribution is -2.44.